The fourth-order valence-electron chi connectivity index (χ4n) is 1.78. The van der Waals surface area contributed by atoms with Gasteiger partial charge >= 0.3 is 5.97 Å². The summed E-state index contributed by atoms with van der Waals surface area (Å²) in [6.45, 7) is 3.48. The Labute approximate surface area is 120 Å². The van der Waals surface area contributed by atoms with Crippen molar-refractivity contribution >= 4 is 12.0 Å². The van der Waals surface area contributed by atoms with Gasteiger partial charge in [0.25, 0.3) is 0 Å². The summed E-state index contributed by atoms with van der Waals surface area (Å²) >= 11 is 0. The van der Waals surface area contributed by atoms with Gasteiger partial charge in [0, 0.05) is 12.1 Å². The van der Waals surface area contributed by atoms with Crippen molar-refractivity contribution < 1.29 is 14.6 Å². The Hall–Kier alpha value is -1.81. The van der Waals surface area contributed by atoms with Crippen molar-refractivity contribution in [2.45, 2.75) is 19.8 Å². The van der Waals surface area contributed by atoms with E-state index in [4.69, 9.17) is 9.84 Å². The Bertz CT molecular complexity index is 467. The van der Waals surface area contributed by atoms with Crippen LogP contribution in [0, 0.1) is 0 Å². The normalized spacial score (nSPS) is 11.7. The zero-order valence-corrected chi connectivity index (χ0v) is 12.4. The van der Waals surface area contributed by atoms with Crippen molar-refractivity contribution in [3.63, 3.8) is 0 Å². The Balaban J connectivity index is 2.64. The smallest absolute Gasteiger partial charge is 0.331 e. The van der Waals surface area contributed by atoms with Gasteiger partial charge in [0.15, 0.2) is 0 Å². The van der Waals surface area contributed by atoms with Crippen molar-refractivity contribution in [3.8, 4) is 5.75 Å². The summed E-state index contributed by atoms with van der Waals surface area (Å²) in [5.41, 5.74) is 1.25. The highest BCUT2D eigenvalue weighted by molar-refractivity contribution is 5.92. The molecule has 0 atom stereocenters. The van der Waals surface area contributed by atoms with Gasteiger partial charge in [-0.2, -0.15) is 0 Å². The lowest BCUT2D eigenvalue weighted by Crippen LogP contribution is -2.15. The zero-order chi connectivity index (χ0) is 15.0. The second-order valence-electron chi connectivity index (χ2n) is 4.91. The third kappa shape index (κ3) is 5.89. The molecule has 0 saturated carbocycles. The van der Waals surface area contributed by atoms with E-state index < -0.39 is 5.97 Å². The first-order valence-corrected chi connectivity index (χ1v) is 6.84. The molecule has 0 aromatic heterocycles. The minimum absolute atomic E-state index is 0.398. The monoisotopic (exact) mass is 277 g/mol. The molecule has 0 aliphatic carbocycles. The molecule has 0 spiro atoms. The zero-order valence-electron chi connectivity index (χ0n) is 12.4. The summed E-state index contributed by atoms with van der Waals surface area (Å²) in [4.78, 5) is 13.1. The van der Waals surface area contributed by atoms with Crippen LogP contribution in [0.15, 0.2) is 29.8 Å². The third-order valence-corrected chi connectivity index (χ3v) is 2.87. The quantitative estimate of drug-likeness (QED) is 0.586. The van der Waals surface area contributed by atoms with Gasteiger partial charge < -0.3 is 14.7 Å². The Morgan fingerprint density at radius 3 is 2.75 bits per heavy atom. The molecule has 0 saturated heterocycles. The second kappa shape index (κ2) is 8.38. The number of ether oxygens (including phenoxy) is 1. The predicted octanol–water partition coefficient (Wildman–Crippen LogP) is 2.90. The highest BCUT2D eigenvalue weighted by Gasteiger charge is 2.04. The summed E-state index contributed by atoms with van der Waals surface area (Å²) in [6.07, 6.45) is 3.15. The van der Waals surface area contributed by atoms with Gasteiger partial charge in [-0.25, -0.2) is 4.79 Å². The number of carbonyl (C=O) groups is 1. The van der Waals surface area contributed by atoms with E-state index in [-0.39, 0.29) is 0 Å². The van der Waals surface area contributed by atoms with Gasteiger partial charge in [0.05, 0.1) is 6.61 Å². The minimum atomic E-state index is -0.871. The first-order chi connectivity index (χ1) is 9.52. The molecule has 1 rings (SSSR count). The van der Waals surface area contributed by atoms with Crippen molar-refractivity contribution in [2.75, 3.05) is 27.2 Å². The van der Waals surface area contributed by atoms with Gasteiger partial charge in [-0.3, -0.25) is 0 Å². The molecule has 0 heterocycles. The van der Waals surface area contributed by atoms with Crippen molar-refractivity contribution in [1.29, 1.82) is 0 Å². The molecule has 4 nitrogen and oxygen atoms in total. The Kier molecular flexibility index (Phi) is 6.81. The fraction of sp³-hybridized carbons (Fsp3) is 0.438. The van der Waals surface area contributed by atoms with Crippen LogP contribution in [-0.2, 0) is 4.79 Å². The molecule has 1 aromatic carbocycles. The number of hydrogen-bond donors (Lipinski definition) is 1. The maximum atomic E-state index is 11.0. The molecule has 0 radical (unpaired) electrons. The second-order valence-corrected chi connectivity index (χ2v) is 4.91. The number of carboxylic acids is 1. The van der Waals surface area contributed by atoms with Gasteiger partial charge in [0.2, 0.25) is 0 Å². The van der Waals surface area contributed by atoms with Gasteiger partial charge in [0.1, 0.15) is 5.75 Å². The Morgan fingerprint density at radius 2 is 2.15 bits per heavy atom. The largest absolute Gasteiger partial charge is 0.494 e. The maximum Gasteiger partial charge on any atom is 0.331 e. The Morgan fingerprint density at radius 1 is 1.40 bits per heavy atom. The SMILES string of the molecule is CC/C(=C\c1cccc(OCCCN(C)C)c1)C(=O)O. The molecule has 20 heavy (non-hydrogen) atoms. The predicted molar refractivity (Wildman–Crippen MR) is 81.0 cm³/mol. The topological polar surface area (TPSA) is 49.8 Å². The third-order valence-electron chi connectivity index (χ3n) is 2.87. The van der Waals surface area contributed by atoms with Crippen molar-refractivity contribution in [2.24, 2.45) is 0 Å². The lowest BCUT2D eigenvalue weighted by Gasteiger charge is -2.10. The van der Waals surface area contributed by atoms with Crippen LogP contribution in [0.2, 0.25) is 0 Å². The molecule has 1 aromatic rings. The highest BCUT2D eigenvalue weighted by atomic mass is 16.5. The number of benzene rings is 1. The summed E-state index contributed by atoms with van der Waals surface area (Å²) < 4.78 is 5.67. The number of rotatable bonds is 8. The molecule has 0 aliphatic heterocycles. The molecule has 0 fully saturated rings. The van der Waals surface area contributed by atoms with Crippen LogP contribution in [0.25, 0.3) is 6.08 Å². The van der Waals surface area contributed by atoms with E-state index in [1.807, 2.05) is 45.3 Å². The number of hydrogen-bond acceptors (Lipinski definition) is 3. The number of carboxylic acid groups (broad SMARTS) is 1. The van der Waals surface area contributed by atoms with E-state index in [1.165, 1.54) is 0 Å². The molecule has 4 heteroatoms. The maximum absolute atomic E-state index is 11.0. The van der Waals surface area contributed by atoms with Crippen molar-refractivity contribution in [1.82, 2.24) is 4.90 Å². The van der Waals surface area contributed by atoms with E-state index in [0.29, 0.717) is 18.6 Å². The molecule has 110 valence electrons. The van der Waals surface area contributed by atoms with Gasteiger partial charge in [-0.05, 0) is 50.7 Å². The average molecular weight is 277 g/mol. The van der Waals surface area contributed by atoms with E-state index in [9.17, 15) is 4.79 Å². The lowest BCUT2D eigenvalue weighted by molar-refractivity contribution is -0.132. The average Bonchev–Trinajstić information content (AvgIpc) is 2.41. The van der Waals surface area contributed by atoms with E-state index in [1.54, 1.807) is 6.08 Å². The fourth-order valence-corrected chi connectivity index (χ4v) is 1.78. The van der Waals surface area contributed by atoms with Crippen LogP contribution >= 0.6 is 0 Å². The minimum Gasteiger partial charge on any atom is -0.494 e. The number of nitrogens with zero attached hydrogens (tertiary/aromatic N) is 1. The van der Waals surface area contributed by atoms with Crippen LogP contribution in [-0.4, -0.2) is 43.2 Å². The lowest BCUT2D eigenvalue weighted by atomic mass is 10.1. The molecule has 0 bridgehead atoms. The summed E-state index contributed by atoms with van der Waals surface area (Å²) in [6, 6.07) is 7.52. The number of aliphatic carboxylic acids is 1. The van der Waals surface area contributed by atoms with E-state index in [0.717, 1.165) is 24.3 Å². The van der Waals surface area contributed by atoms with Crippen molar-refractivity contribution in [3.05, 3.63) is 35.4 Å². The summed E-state index contributed by atoms with van der Waals surface area (Å²) in [5, 5.41) is 9.03. The molecular weight excluding hydrogens is 254 g/mol. The molecular formula is C16H23NO3. The summed E-state index contributed by atoms with van der Waals surface area (Å²) in [5.74, 6) is -0.0943. The molecule has 0 unspecified atom stereocenters. The molecule has 0 aliphatic rings. The van der Waals surface area contributed by atoms with Crippen LogP contribution in [0.1, 0.15) is 25.3 Å². The van der Waals surface area contributed by atoms with Gasteiger partial charge in [-0.15, -0.1) is 0 Å². The molecule has 1 N–H and O–H groups in total. The van der Waals surface area contributed by atoms with E-state index in [2.05, 4.69) is 4.90 Å². The van der Waals surface area contributed by atoms with Crippen LogP contribution < -0.4 is 4.74 Å². The van der Waals surface area contributed by atoms with Crippen LogP contribution in [0.4, 0.5) is 0 Å². The van der Waals surface area contributed by atoms with Gasteiger partial charge in [-0.1, -0.05) is 19.1 Å². The first kappa shape index (κ1) is 16.2. The van der Waals surface area contributed by atoms with E-state index >= 15 is 0 Å². The van der Waals surface area contributed by atoms with Crippen LogP contribution in [0.3, 0.4) is 0 Å². The van der Waals surface area contributed by atoms with Crippen LogP contribution in [0.5, 0.6) is 5.75 Å². The highest BCUT2D eigenvalue weighted by Crippen LogP contribution is 2.17. The first-order valence-electron chi connectivity index (χ1n) is 6.84. The molecule has 0 amide bonds. The standard InChI is InChI=1S/C16H23NO3/c1-4-14(16(18)19)11-13-7-5-8-15(12-13)20-10-6-9-17(2)3/h5,7-8,11-12H,4,6,9-10H2,1-3H3,(H,18,19)/b14-11+. The summed E-state index contributed by atoms with van der Waals surface area (Å²) in [7, 11) is 4.06.